The molecule has 0 atom stereocenters. The molecule has 0 spiro atoms. The van der Waals surface area contributed by atoms with Crippen LogP contribution in [-0.4, -0.2) is 10.9 Å². The highest BCUT2D eigenvalue weighted by Crippen LogP contribution is 2.29. The van der Waals surface area contributed by atoms with Gasteiger partial charge in [-0.1, -0.05) is 0 Å². The average molecular weight is 345 g/mol. The summed E-state index contributed by atoms with van der Waals surface area (Å²) in [5.74, 6) is -0.501. The van der Waals surface area contributed by atoms with E-state index in [1.165, 1.54) is 6.20 Å². The Labute approximate surface area is 121 Å². The Hall–Kier alpha value is -1.89. The third-order valence-electron chi connectivity index (χ3n) is 2.44. The van der Waals surface area contributed by atoms with Crippen molar-refractivity contribution in [3.8, 4) is 0 Å². The minimum Gasteiger partial charge on any atom is -0.321 e. The highest BCUT2D eigenvalue weighted by molar-refractivity contribution is 9.10. The molecule has 0 saturated heterocycles. The molecular weight excluding hydrogens is 337 g/mol. The highest BCUT2D eigenvalue weighted by Gasteiger charge is 2.30. The molecule has 0 radical (unpaired) electrons. The molecular formula is C13H8BrF3N2O. The smallest absolute Gasteiger partial charge is 0.321 e. The normalized spacial score (nSPS) is 11.2. The Morgan fingerprint density at radius 1 is 1.15 bits per heavy atom. The lowest BCUT2D eigenvalue weighted by Crippen LogP contribution is -2.13. The highest BCUT2D eigenvalue weighted by atomic mass is 79.9. The molecule has 3 nitrogen and oxygen atoms in total. The molecule has 0 aliphatic heterocycles. The zero-order valence-corrected chi connectivity index (χ0v) is 11.5. The molecule has 0 aliphatic rings. The van der Waals surface area contributed by atoms with Crippen molar-refractivity contribution < 1.29 is 18.0 Å². The summed E-state index contributed by atoms with van der Waals surface area (Å²) in [5.41, 5.74) is -0.208. The van der Waals surface area contributed by atoms with Gasteiger partial charge in [0.05, 0.1) is 17.4 Å². The first kappa shape index (κ1) is 14.5. The van der Waals surface area contributed by atoms with Gasteiger partial charge in [-0.25, -0.2) is 0 Å². The van der Waals surface area contributed by atoms with E-state index in [0.717, 1.165) is 24.3 Å². The third-order valence-corrected chi connectivity index (χ3v) is 2.87. The summed E-state index contributed by atoms with van der Waals surface area (Å²) in [6.45, 7) is 0. The number of carbonyl (C=O) groups excluding carboxylic acids is 1. The van der Waals surface area contributed by atoms with E-state index >= 15 is 0 Å². The van der Waals surface area contributed by atoms with Crippen LogP contribution in [0.15, 0.2) is 47.2 Å². The predicted octanol–water partition coefficient (Wildman–Crippen LogP) is 4.12. The first-order chi connectivity index (χ1) is 9.36. The first-order valence-electron chi connectivity index (χ1n) is 5.45. The molecule has 1 aromatic heterocycles. The quantitative estimate of drug-likeness (QED) is 0.890. The van der Waals surface area contributed by atoms with Crippen LogP contribution in [0.5, 0.6) is 0 Å². The lowest BCUT2D eigenvalue weighted by molar-refractivity contribution is -0.137. The van der Waals surface area contributed by atoms with Crippen molar-refractivity contribution in [1.82, 2.24) is 4.98 Å². The number of rotatable bonds is 2. The minimum atomic E-state index is -4.41. The van der Waals surface area contributed by atoms with Crippen LogP contribution in [0.2, 0.25) is 0 Å². The molecule has 0 bridgehead atoms. The van der Waals surface area contributed by atoms with Crippen molar-refractivity contribution in [3.63, 3.8) is 0 Å². The summed E-state index contributed by atoms with van der Waals surface area (Å²) >= 11 is 3.20. The molecule has 1 N–H and O–H groups in total. The van der Waals surface area contributed by atoms with E-state index in [0.29, 0.717) is 10.2 Å². The Morgan fingerprint density at radius 3 is 2.35 bits per heavy atom. The number of anilines is 1. The number of aromatic nitrogens is 1. The van der Waals surface area contributed by atoms with Gasteiger partial charge >= 0.3 is 6.18 Å². The summed E-state index contributed by atoms with van der Waals surface area (Å²) in [4.78, 5) is 15.7. The Kier molecular flexibility index (Phi) is 4.08. The summed E-state index contributed by atoms with van der Waals surface area (Å²) in [6, 6.07) is 5.63. The second-order valence-corrected chi connectivity index (χ2v) is 4.84. The fourth-order valence-electron chi connectivity index (χ4n) is 1.49. The fourth-order valence-corrected chi connectivity index (χ4v) is 1.86. The van der Waals surface area contributed by atoms with Crippen LogP contribution in [0.25, 0.3) is 0 Å². The summed E-state index contributed by atoms with van der Waals surface area (Å²) < 4.78 is 37.9. The van der Waals surface area contributed by atoms with Gasteiger partial charge < -0.3 is 5.32 Å². The standard InChI is InChI=1S/C13H8BrF3N2O/c14-10-5-11(7-18-6-10)19-12(20)8-1-3-9(4-2-8)13(15,16)17/h1-7H,(H,19,20). The Bertz CT molecular complexity index is 626. The molecule has 2 rings (SSSR count). The number of amides is 1. The number of benzene rings is 1. The van der Waals surface area contributed by atoms with Gasteiger partial charge in [0.25, 0.3) is 5.91 Å². The van der Waals surface area contributed by atoms with E-state index in [-0.39, 0.29) is 5.56 Å². The van der Waals surface area contributed by atoms with E-state index in [1.807, 2.05) is 0 Å². The Morgan fingerprint density at radius 2 is 1.80 bits per heavy atom. The first-order valence-corrected chi connectivity index (χ1v) is 6.25. The van der Waals surface area contributed by atoms with Gasteiger partial charge in [0, 0.05) is 16.2 Å². The fraction of sp³-hybridized carbons (Fsp3) is 0.0769. The second kappa shape index (κ2) is 5.62. The topological polar surface area (TPSA) is 42.0 Å². The number of carbonyl (C=O) groups is 1. The molecule has 0 fully saturated rings. The van der Waals surface area contributed by atoms with Gasteiger partial charge in [-0.05, 0) is 46.3 Å². The van der Waals surface area contributed by atoms with Crippen molar-refractivity contribution in [2.45, 2.75) is 6.18 Å². The number of nitrogens with one attached hydrogen (secondary N) is 1. The molecule has 2 aromatic rings. The van der Waals surface area contributed by atoms with Crippen LogP contribution in [0.3, 0.4) is 0 Å². The minimum absolute atomic E-state index is 0.137. The molecule has 7 heteroatoms. The molecule has 20 heavy (non-hydrogen) atoms. The van der Waals surface area contributed by atoms with Crippen LogP contribution in [0.4, 0.5) is 18.9 Å². The van der Waals surface area contributed by atoms with Gasteiger partial charge in [0.15, 0.2) is 0 Å². The van der Waals surface area contributed by atoms with Crippen LogP contribution < -0.4 is 5.32 Å². The largest absolute Gasteiger partial charge is 0.416 e. The molecule has 0 saturated carbocycles. The summed E-state index contributed by atoms with van der Waals surface area (Å²) in [7, 11) is 0. The van der Waals surface area contributed by atoms with E-state index < -0.39 is 17.6 Å². The number of hydrogen-bond acceptors (Lipinski definition) is 2. The van der Waals surface area contributed by atoms with Crippen molar-refractivity contribution >= 4 is 27.5 Å². The number of nitrogens with zero attached hydrogens (tertiary/aromatic N) is 1. The molecule has 1 aromatic carbocycles. The lowest BCUT2D eigenvalue weighted by Gasteiger charge is -2.08. The van der Waals surface area contributed by atoms with Crippen molar-refractivity contribution in [3.05, 3.63) is 58.3 Å². The van der Waals surface area contributed by atoms with Crippen molar-refractivity contribution in [1.29, 1.82) is 0 Å². The molecule has 0 aliphatic carbocycles. The number of halogens is 4. The van der Waals surface area contributed by atoms with Crippen LogP contribution >= 0.6 is 15.9 Å². The predicted molar refractivity (Wildman–Crippen MR) is 71.3 cm³/mol. The third kappa shape index (κ3) is 3.57. The molecule has 1 amide bonds. The Balaban J connectivity index is 2.14. The summed E-state index contributed by atoms with van der Waals surface area (Å²) in [6.07, 6.45) is -1.43. The maximum absolute atomic E-state index is 12.4. The van der Waals surface area contributed by atoms with Crippen LogP contribution in [-0.2, 0) is 6.18 Å². The maximum Gasteiger partial charge on any atom is 0.416 e. The van der Waals surface area contributed by atoms with E-state index in [9.17, 15) is 18.0 Å². The number of pyridine rings is 1. The maximum atomic E-state index is 12.4. The van der Waals surface area contributed by atoms with Crippen LogP contribution in [0.1, 0.15) is 15.9 Å². The van der Waals surface area contributed by atoms with Crippen molar-refractivity contribution in [2.24, 2.45) is 0 Å². The second-order valence-electron chi connectivity index (χ2n) is 3.92. The van der Waals surface area contributed by atoms with Crippen molar-refractivity contribution in [2.75, 3.05) is 5.32 Å². The molecule has 1 heterocycles. The zero-order chi connectivity index (χ0) is 14.8. The van der Waals surface area contributed by atoms with E-state index in [2.05, 4.69) is 26.2 Å². The monoisotopic (exact) mass is 344 g/mol. The van der Waals surface area contributed by atoms with Gasteiger partial charge in [-0.15, -0.1) is 0 Å². The molecule has 104 valence electrons. The van der Waals surface area contributed by atoms with E-state index in [4.69, 9.17) is 0 Å². The summed E-state index contributed by atoms with van der Waals surface area (Å²) in [5, 5.41) is 2.54. The molecule has 0 unspecified atom stereocenters. The van der Waals surface area contributed by atoms with Crippen LogP contribution in [0, 0.1) is 0 Å². The van der Waals surface area contributed by atoms with Gasteiger partial charge in [-0.2, -0.15) is 13.2 Å². The zero-order valence-electron chi connectivity index (χ0n) is 9.91. The van der Waals surface area contributed by atoms with Gasteiger partial charge in [0.2, 0.25) is 0 Å². The van der Waals surface area contributed by atoms with E-state index in [1.54, 1.807) is 12.3 Å². The number of alkyl halides is 3. The average Bonchev–Trinajstić information content (AvgIpc) is 2.38. The number of hydrogen-bond donors (Lipinski definition) is 1. The SMILES string of the molecule is O=C(Nc1cncc(Br)c1)c1ccc(C(F)(F)F)cc1. The van der Waals surface area contributed by atoms with Gasteiger partial charge in [-0.3, -0.25) is 9.78 Å². The lowest BCUT2D eigenvalue weighted by atomic mass is 10.1. The van der Waals surface area contributed by atoms with Gasteiger partial charge in [0.1, 0.15) is 0 Å².